The summed E-state index contributed by atoms with van der Waals surface area (Å²) in [6.07, 6.45) is 0. The Kier molecular flexibility index (Phi) is 4.95. The quantitative estimate of drug-likeness (QED) is 0.346. The number of benzene rings is 1. The van der Waals surface area contributed by atoms with Gasteiger partial charge in [0.2, 0.25) is 10.0 Å². The van der Waals surface area contributed by atoms with Crippen LogP contribution in [0.1, 0.15) is 0 Å². The molecule has 0 aromatic heterocycles. The number of sulfonamides is 1. The summed E-state index contributed by atoms with van der Waals surface area (Å²) in [4.78, 5) is 10.6. The van der Waals surface area contributed by atoms with Crippen molar-refractivity contribution < 1.29 is 13.2 Å². The average Bonchev–Trinajstić information content (AvgIpc) is 2.36. The lowest BCUT2D eigenvalue weighted by Gasteiger charge is -2.11. The van der Waals surface area contributed by atoms with Crippen molar-refractivity contribution in [2.45, 2.75) is 4.90 Å². The molecular formula is C10H17N5O3S. The Hall–Kier alpha value is -2.00. The third-order valence-corrected chi connectivity index (χ3v) is 3.76. The molecule has 0 spiro atoms. The normalized spacial score (nSPS) is 11.0. The third kappa shape index (κ3) is 4.30. The van der Waals surface area contributed by atoms with E-state index in [1.807, 2.05) is 0 Å². The van der Waals surface area contributed by atoms with Crippen LogP contribution in [0.3, 0.4) is 0 Å². The van der Waals surface area contributed by atoms with E-state index in [2.05, 4.69) is 15.4 Å². The zero-order valence-electron chi connectivity index (χ0n) is 10.4. The molecule has 0 atom stereocenters. The fourth-order valence-corrected chi connectivity index (χ4v) is 2.11. The molecule has 1 aromatic rings. The highest BCUT2D eigenvalue weighted by atomic mass is 32.2. The van der Waals surface area contributed by atoms with E-state index in [0.29, 0.717) is 24.5 Å². The van der Waals surface area contributed by atoms with Gasteiger partial charge in [-0.15, -0.1) is 0 Å². The first kappa shape index (κ1) is 15.1. The van der Waals surface area contributed by atoms with Crippen LogP contribution in [0.25, 0.3) is 0 Å². The molecule has 2 amide bonds. The predicted octanol–water partition coefficient (Wildman–Crippen LogP) is -0.743. The van der Waals surface area contributed by atoms with E-state index in [4.69, 9.17) is 11.5 Å². The van der Waals surface area contributed by atoms with Crippen LogP contribution in [0.2, 0.25) is 0 Å². The van der Waals surface area contributed by atoms with Crippen molar-refractivity contribution >= 4 is 27.4 Å². The lowest BCUT2D eigenvalue weighted by Crippen LogP contribution is -2.33. The number of nitrogens with two attached hydrogens (primary N) is 2. The Morgan fingerprint density at radius 2 is 2.00 bits per heavy atom. The van der Waals surface area contributed by atoms with Crippen molar-refractivity contribution in [1.82, 2.24) is 10.0 Å². The fraction of sp³-hybridized carbons (Fsp3) is 0.300. The van der Waals surface area contributed by atoms with E-state index in [1.54, 1.807) is 0 Å². The highest BCUT2D eigenvalue weighted by Crippen LogP contribution is 2.22. The van der Waals surface area contributed by atoms with Crippen LogP contribution in [0.4, 0.5) is 16.2 Å². The molecule has 7 N–H and O–H groups in total. The van der Waals surface area contributed by atoms with Gasteiger partial charge in [0.15, 0.2) is 0 Å². The lowest BCUT2D eigenvalue weighted by molar-refractivity contribution is 0.249. The van der Waals surface area contributed by atoms with Crippen LogP contribution >= 0.6 is 0 Å². The zero-order valence-corrected chi connectivity index (χ0v) is 11.3. The molecule has 106 valence electrons. The van der Waals surface area contributed by atoms with Crippen LogP contribution in [-0.4, -0.2) is 34.6 Å². The minimum Gasteiger partial charge on any atom is -0.397 e. The number of nitrogen functional groups attached to an aromatic ring is 1. The molecule has 0 saturated carbocycles. The van der Waals surface area contributed by atoms with Gasteiger partial charge in [0, 0.05) is 13.1 Å². The number of hydrogen-bond acceptors (Lipinski definition) is 5. The summed E-state index contributed by atoms with van der Waals surface area (Å²) in [6, 6.07) is 3.70. The Labute approximate surface area is 111 Å². The summed E-state index contributed by atoms with van der Waals surface area (Å²) >= 11 is 0. The molecule has 0 saturated heterocycles. The number of carbonyl (C=O) groups excluding carboxylic acids is 1. The number of nitrogens with one attached hydrogen (secondary N) is 3. The van der Waals surface area contributed by atoms with Gasteiger partial charge >= 0.3 is 6.03 Å². The third-order valence-electron chi connectivity index (χ3n) is 2.34. The van der Waals surface area contributed by atoms with Crippen molar-refractivity contribution in [2.75, 3.05) is 31.2 Å². The molecule has 0 bridgehead atoms. The minimum absolute atomic E-state index is 0.106. The molecule has 1 rings (SSSR count). The SMILES string of the molecule is CNS(=O)(=O)c1ccc(N)c(NCCNC(N)=O)c1. The summed E-state index contributed by atoms with van der Waals surface area (Å²) in [6.45, 7) is 0.675. The lowest BCUT2D eigenvalue weighted by atomic mass is 10.2. The van der Waals surface area contributed by atoms with E-state index in [-0.39, 0.29) is 4.90 Å². The molecule has 0 aliphatic rings. The topological polar surface area (TPSA) is 139 Å². The molecule has 1 aromatic carbocycles. The summed E-state index contributed by atoms with van der Waals surface area (Å²) in [5, 5.41) is 5.31. The highest BCUT2D eigenvalue weighted by Gasteiger charge is 2.12. The smallest absolute Gasteiger partial charge is 0.312 e. The van der Waals surface area contributed by atoms with Crippen molar-refractivity contribution in [3.63, 3.8) is 0 Å². The van der Waals surface area contributed by atoms with Gasteiger partial charge < -0.3 is 22.1 Å². The average molecular weight is 287 g/mol. The summed E-state index contributed by atoms with van der Waals surface area (Å²) in [7, 11) is -2.19. The molecule has 0 radical (unpaired) electrons. The van der Waals surface area contributed by atoms with Gasteiger partial charge in [0.25, 0.3) is 0 Å². The molecule has 0 unspecified atom stereocenters. The molecule has 0 fully saturated rings. The molecule has 0 aliphatic carbocycles. The second-order valence-electron chi connectivity index (χ2n) is 3.67. The van der Waals surface area contributed by atoms with Gasteiger partial charge in [-0.3, -0.25) is 0 Å². The number of rotatable bonds is 6. The zero-order chi connectivity index (χ0) is 14.5. The maximum atomic E-state index is 11.6. The van der Waals surface area contributed by atoms with Crippen molar-refractivity contribution in [3.05, 3.63) is 18.2 Å². The van der Waals surface area contributed by atoms with Crippen LogP contribution < -0.4 is 26.8 Å². The number of urea groups is 1. The van der Waals surface area contributed by atoms with Crippen LogP contribution in [0, 0.1) is 0 Å². The van der Waals surface area contributed by atoms with Gasteiger partial charge in [0.05, 0.1) is 16.3 Å². The van der Waals surface area contributed by atoms with Crippen molar-refractivity contribution in [3.8, 4) is 0 Å². The summed E-state index contributed by atoms with van der Waals surface area (Å²) in [5.41, 5.74) is 11.5. The van der Waals surface area contributed by atoms with Crippen molar-refractivity contribution in [2.24, 2.45) is 5.73 Å². The Balaban J connectivity index is 2.78. The molecule has 19 heavy (non-hydrogen) atoms. The first-order valence-electron chi connectivity index (χ1n) is 5.47. The number of hydrogen-bond donors (Lipinski definition) is 5. The number of anilines is 2. The Bertz CT molecular complexity index is 558. The summed E-state index contributed by atoms with van der Waals surface area (Å²) < 4.78 is 25.5. The van der Waals surface area contributed by atoms with E-state index in [0.717, 1.165) is 0 Å². The standard InChI is InChI=1S/C10H17N5O3S/c1-13-19(17,18)7-2-3-8(11)9(6-7)14-4-5-15-10(12)16/h2-3,6,13-14H,4-5,11H2,1H3,(H3,12,15,16). The van der Waals surface area contributed by atoms with Crippen LogP contribution in [0.15, 0.2) is 23.1 Å². The van der Waals surface area contributed by atoms with Crippen LogP contribution in [-0.2, 0) is 10.0 Å². The highest BCUT2D eigenvalue weighted by molar-refractivity contribution is 7.89. The minimum atomic E-state index is -3.52. The van der Waals surface area contributed by atoms with Crippen molar-refractivity contribution in [1.29, 1.82) is 0 Å². The Morgan fingerprint density at radius 1 is 1.32 bits per heavy atom. The fourth-order valence-electron chi connectivity index (χ4n) is 1.36. The van der Waals surface area contributed by atoms with Crippen LogP contribution in [0.5, 0.6) is 0 Å². The first-order chi connectivity index (χ1) is 8.86. The van der Waals surface area contributed by atoms with Gasteiger partial charge in [-0.2, -0.15) is 0 Å². The Morgan fingerprint density at radius 3 is 2.58 bits per heavy atom. The molecule has 9 heteroatoms. The van der Waals surface area contributed by atoms with Gasteiger partial charge in [0.1, 0.15) is 0 Å². The maximum absolute atomic E-state index is 11.6. The van der Waals surface area contributed by atoms with Gasteiger partial charge in [-0.1, -0.05) is 0 Å². The molecule has 8 nitrogen and oxygen atoms in total. The molecule has 0 heterocycles. The van der Waals surface area contributed by atoms with E-state index < -0.39 is 16.1 Å². The number of primary amides is 1. The second-order valence-corrected chi connectivity index (χ2v) is 5.56. The number of carbonyl (C=O) groups is 1. The first-order valence-corrected chi connectivity index (χ1v) is 6.95. The second kappa shape index (κ2) is 6.25. The summed E-state index contributed by atoms with van der Waals surface area (Å²) in [5.74, 6) is 0. The van der Waals surface area contributed by atoms with Gasteiger partial charge in [-0.25, -0.2) is 17.9 Å². The number of amides is 2. The predicted molar refractivity (Wildman–Crippen MR) is 73.2 cm³/mol. The molecular weight excluding hydrogens is 270 g/mol. The van der Waals surface area contributed by atoms with E-state index in [9.17, 15) is 13.2 Å². The largest absolute Gasteiger partial charge is 0.397 e. The van der Waals surface area contributed by atoms with E-state index >= 15 is 0 Å². The van der Waals surface area contributed by atoms with E-state index in [1.165, 1.54) is 25.2 Å². The maximum Gasteiger partial charge on any atom is 0.312 e. The monoisotopic (exact) mass is 287 g/mol. The molecule has 0 aliphatic heterocycles. The van der Waals surface area contributed by atoms with Gasteiger partial charge in [-0.05, 0) is 25.2 Å².